The van der Waals surface area contributed by atoms with Crippen LogP contribution in [-0.4, -0.2) is 47.5 Å². The van der Waals surface area contributed by atoms with Gasteiger partial charge in [-0.3, -0.25) is 4.79 Å². The first-order chi connectivity index (χ1) is 7.75. The number of nitrogens with zero attached hydrogens (tertiary/aromatic N) is 1. The summed E-state index contributed by atoms with van der Waals surface area (Å²) in [7, 11) is 0. The van der Waals surface area contributed by atoms with E-state index >= 15 is 0 Å². The quantitative estimate of drug-likeness (QED) is 0.703. The Morgan fingerprint density at radius 1 is 1.25 bits per heavy atom. The van der Waals surface area contributed by atoms with Gasteiger partial charge >= 0.3 is 6.09 Å². The van der Waals surface area contributed by atoms with Crippen molar-refractivity contribution in [2.75, 3.05) is 24.6 Å². The van der Waals surface area contributed by atoms with Gasteiger partial charge < -0.3 is 9.64 Å². The van der Waals surface area contributed by atoms with Crippen molar-refractivity contribution >= 4 is 23.6 Å². The summed E-state index contributed by atoms with van der Waals surface area (Å²) in [6.45, 7) is 1.05. The van der Waals surface area contributed by atoms with Crippen molar-refractivity contribution < 1.29 is 14.3 Å². The Balaban J connectivity index is 1.76. The van der Waals surface area contributed by atoms with Crippen molar-refractivity contribution in [1.29, 1.82) is 0 Å². The number of carbonyl (C=O) groups excluding carboxylic acids is 2. The Morgan fingerprint density at radius 2 is 1.88 bits per heavy atom. The predicted molar refractivity (Wildman–Crippen MR) is 62.6 cm³/mol. The molecule has 0 bridgehead atoms. The maximum Gasteiger partial charge on any atom is 0.410 e. The number of hydrogen-bond donors (Lipinski definition) is 0. The third-order valence-corrected chi connectivity index (χ3v) is 4.06. The lowest BCUT2D eigenvalue weighted by Crippen LogP contribution is -2.40. The summed E-state index contributed by atoms with van der Waals surface area (Å²) in [5, 5.41) is 0. The van der Waals surface area contributed by atoms with Crippen LogP contribution in [-0.2, 0) is 9.53 Å². The third kappa shape index (κ3) is 3.14. The van der Waals surface area contributed by atoms with Gasteiger partial charge in [-0.2, -0.15) is 11.8 Å². The second kappa shape index (κ2) is 5.57. The molecule has 16 heavy (non-hydrogen) atoms. The molecule has 2 aliphatic heterocycles. The van der Waals surface area contributed by atoms with Crippen molar-refractivity contribution in [1.82, 2.24) is 4.90 Å². The number of rotatable bonds is 1. The van der Waals surface area contributed by atoms with Crippen molar-refractivity contribution in [2.24, 2.45) is 0 Å². The minimum absolute atomic E-state index is 0.0892. The van der Waals surface area contributed by atoms with E-state index in [0.29, 0.717) is 25.9 Å². The Hall–Kier alpha value is -0.710. The molecule has 2 aliphatic rings. The predicted octanol–water partition coefficient (Wildman–Crippen LogP) is 1.68. The molecular weight excluding hydrogens is 226 g/mol. The molecule has 0 unspecified atom stereocenters. The van der Waals surface area contributed by atoms with Crippen LogP contribution in [0.2, 0.25) is 0 Å². The molecule has 0 aromatic heterocycles. The summed E-state index contributed by atoms with van der Waals surface area (Å²) in [6, 6.07) is 0. The highest BCUT2D eigenvalue weighted by Crippen LogP contribution is 2.20. The first-order valence-corrected chi connectivity index (χ1v) is 6.96. The van der Waals surface area contributed by atoms with Crippen LogP contribution in [0.3, 0.4) is 0 Å². The Kier molecular flexibility index (Phi) is 4.09. The van der Waals surface area contributed by atoms with E-state index in [9.17, 15) is 9.59 Å². The molecule has 4 nitrogen and oxygen atoms in total. The van der Waals surface area contributed by atoms with Crippen molar-refractivity contribution in [3.05, 3.63) is 0 Å². The molecule has 0 aromatic carbocycles. The van der Waals surface area contributed by atoms with E-state index in [1.807, 2.05) is 11.8 Å². The smallest absolute Gasteiger partial charge is 0.410 e. The highest BCUT2D eigenvalue weighted by molar-refractivity contribution is 7.99. The molecule has 2 rings (SSSR count). The van der Waals surface area contributed by atoms with Crippen molar-refractivity contribution in [3.63, 3.8) is 0 Å². The first kappa shape index (κ1) is 11.8. The minimum atomic E-state index is -0.232. The molecule has 5 heteroatoms. The van der Waals surface area contributed by atoms with E-state index in [-0.39, 0.29) is 18.0 Å². The van der Waals surface area contributed by atoms with Gasteiger partial charge in [-0.1, -0.05) is 0 Å². The Bertz CT molecular complexity index is 266. The van der Waals surface area contributed by atoms with Crippen LogP contribution in [0.25, 0.3) is 0 Å². The van der Waals surface area contributed by atoms with Crippen LogP contribution < -0.4 is 0 Å². The van der Waals surface area contributed by atoms with Gasteiger partial charge in [-0.25, -0.2) is 4.79 Å². The average molecular weight is 243 g/mol. The molecule has 0 aliphatic carbocycles. The fourth-order valence-corrected chi connectivity index (χ4v) is 3.01. The van der Waals surface area contributed by atoms with E-state index in [0.717, 1.165) is 24.3 Å². The van der Waals surface area contributed by atoms with E-state index in [4.69, 9.17) is 4.74 Å². The van der Waals surface area contributed by atoms with Gasteiger partial charge in [0.25, 0.3) is 0 Å². The highest BCUT2D eigenvalue weighted by Gasteiger charge is 2.25. The number of ketones is 1. The molecule has 0 aromatic rings. The number of piperidine rings is 1. The SMILES string of the molecule is O=C1CCN(C(=O)OC2CCSCC2)CC1. The summed E-state index contributed by atoms with van der Waals surface area (Å²) in [4.78, 5) is 24.5. The third-order valence-electron chi connectivity index (χ3n) is 3.02. The van der Waals surface area contributed by atoms with Gasteiger partial charge in [0.15, 0.2) is 0 Å². The lowest BCUT2D eigenvalue weighted by molar-refractivity contribution is -0.121. The largest absolute Gasteiger partial charge is 0.446 e. The van der Waals surface area contributed by atoms with E-state index in [1.54, 1.807) is 4.90 Å². The normalized spacial score (nSPS) is 23.2. The topological polar surface area (TPSA) is 46.6 Å². The molecule has 0 spiro atoms. The molecule has 0 N–H and O–H groups in total. The van der Waals surface area contributed by atoms with Crippen LogP contribution in [0, 0.1) is 0 Å². The lowest BCUT2D eigenvalue weighted by Gasteiger charge is -2.29. The van der Waals surface area contributed by atoms with Gasteiger partial charge in [-0.05, 0) is 24.3 Å². The number of likely N-dealkylation sites (tertiary alicyclic amines) is 1. The van der Waals surface area contributed by atoms with E-state index < -0.39 is 0 Å². The highest BCUT2D eigenvalue weighted by atomic mass is 32.2. The fraction of sp³-hybridized carbons (Fsp3) is 0.818. The number of hydrogen-bond acceptors (Lipinski definition) is 4. The number of Topliss-reactive ketones (excluding diaryl/α,β-unsaturated/α-hetero) is 1. The van der Waals surface area contributed by atoms with Crippen LogP contribution >= 0.6 is 11.8 Å². The van der Waals surface area contributed by atoms with Crippen molar-refractivity contribution in [3.8, 4) is 0 Å². The van der Waals surface area contributed by atoms with Crippen LogP contribution in [0.5, 0.6) is 0 Å². The summed E-state index contributed by atoms with van der Waals surface area (Å²) in [6.07, 6.45) is 2.74. The molecule has 1 amide bonds. The number of amides is 1. The fourth-order valence-electron chi connectivity index (χ4n) is 1.95. The number of ether oxygens (including phenoxy) is 1. The molecule has 2 saturated heterocycles. The van der Waals surface area contributed by atoms with Gasteiger partial charge in [0.2, 0.25) is 0 Å². The van der Waals surface area contributed by atoms with E-state index in [2.05, 4.69) is 0 Å². The second-order valence-electron chi connectivity index (χ2n) is 4.22. The minimum Gasteiger partial charge on any atom is -0.446 e. The molecule has 2 heterocycles. The summed E-state index contributed by atoms with van der Waals surface area (Å²) in [5.74, 6) is 2.41. The maximum atomic E-state index is 11.8. The Morgan fingerprint density at radius 3 is 2.50 bits per heavy atom. The molecule has 90 valence electrons. The molecule has 0 atom stereocenters. The van der Waals surface area contributed by atoms with E-state index in [1.165, 1.54) is 0 Å². The number of carbonyl (C=O) groups is 2. The van der Waals surface area contributed by atoms with Gasteiger partial charge in [0.1, 0.15) is 11.9 Å². The van der Waals surface area contributed by atoms with Gasteiger partial charge in [0.05, 0.1) is 0 Å². The summed E-state index contributed by atoms with van der Waals surface area (Å²) in [5.41, 5.74) is 0. The lowest BCUT2D eigenvalue weighted by atomic mass is 10.1. The second-order valence-corrected chi connectivity index (χ2v) is 5.45. The van der Waals surface area contributed by atoms with Crippen LogP contribution in [0.15, 0.2) is 0 Å². The maximum absolute atomic E-state index is 11.8. The standard InChI is InChI=1S/C11H17NO3S/c13-9-1-5-12(6-2-9)11(14)15-10-3-7-16-8-4-10/h10H,1-8H2. The zero-order valence-corrected chi connectivity index (χ0v) is 10.1. The molecular formula is C11H17NO3S. The molecule has 0 radical (unpaired) electrons. The van der Waals surface area contributed by atoms with Crippen molar-refractivity contribution in [2.45, 2.75) is 31.8 Å². The van der Waals surface area contributed by atoms with Gasteiger partial charge in [-0.15, -0.1) is 0 Å². The summed E-state index contributed by atoms with van der Waals surface area (Å²) >= 11 is 1.91. The summed E-state index contributed by atoms with van der Waals surface area (Å²) < 4.78 is 5.43. The Labute approximate surface area is 99.7 Å². The van der Waals surface area contributed by atoms with Crippen LogP contribution in [0.4, 0.5) is 4.79 Å². The monoisotopic (exact) mass is 243 g/mol. The van der Waals surface area contributed by atoms with Crippen LogP contribution in [0.1, 0.15) is 25.7 Å². The number of thioether (sulfide) groups is 1. The first-order valence-electron chi connectivity index (χ1n) is 5.81. The zero-order valence-electron chi connectivity index (χ0n) is 9.31. The molecule has 2 fully saturated rings. The zero-order chi connectivity index (χ0) is 11.4. The average Bonchev–Trinajstić information content (AvgIpc) is 2.31. The molecule has 0 saturated carbocycles. The van der Waals surface area contributed by atoms with Gasteiger partial charge in [0, 0.05) is 25.9 Å².